The Morgan fingerprint density at radius 2 is 1.57 bits per heavy atom. The molecule has 4 heteroatoms. The Bertz CT molecular complexity index is 756. The number of aryl methyl sites for hydroxylation is 1. The topological polar surface area (TPSA) is 49.4 Å². The SMILES string of the molecule is CC[C@@H](C)NC(=O)[C@H](CC)N(Cc1ccc(C)cc1)C(=O)Cc1ccccc1. The van der Waals surface area contributed by atoms with Crippen LogP contribution in [0.15, 0.2) is 54.6 Å². The Labute approximate surface area is 169 Å². The van der Waals surface area contributed by atoms with Gasteiger partial charge in [-0.05, 0) is 37.8 Å². The second-order valence-electron chi connectivity index (χ2n) is 7.41. The predicted octanol–water partition coefficient (Wildman–Crippen LogP) is 4.26. The van der Waals surface area contributed by atoms with E-state index in [0.717, 1.165) is 17.5 Å². The first-order valence-electron chi connectivity index (χ1n) is 10.1. The van der Waals surface area contributed by atoms with Gasteiger partial charge in [-0.25, -0.2) is 0 Å². The molecular weight excluding hydrogens is 348 g/mol. The highest BCUT2D eigenvalue weighted by atomic mass is 16.2. The summed E-state index contributed by atoms with van der Waals surface area (Å²) in [4.78, 5) is 27.8. The van der Waals surface area contributed by atoms with Gasteiger partial charge in [-0.1, -0.05) is 74.0 Å². The monoisotopic (exact) mass is 380 g/mol. The highest BCUT2D eigenvalue weighted by molar-refractivity contribution is 5.88. The summed E-state index contributed by atoms with van der Waals surface area (Å²) in [6.45, 7) is 8.45. The second kappa shape index (κ2) is 10.6. The van der Waals surface area contributed by atoms with E-state index >= 15 is 0 Å². The van der Waals surface area contributed by atoms with Crippen molar-refractivity contribution in [3.05, 3.63) is 71.3 Å². The van der Waals surface area contributed by atoms with Crippen LogP contribution in [0.4, 0.5) is 0 Å². The first kappa shape index (κ1) is 21.7. The van der Waals surface area contributed by atoms with Crippen LogP contribution in [-0.2, 0) is 22.6 Å². The molecule has 0 aromatic heterocycles. The van der Waals surface area contributed by atoms with Crippen LogP contribution in [0.1, 0.15) is 50.3 Å². The van der Waals surface area contributed by atoms with Gasteiger partial charge in [-0.15, -0.1) is 0 Å². The second-order valence-corrected chi connectivity index (χ2v) is 7.41. The molecule has 2 aromatic carbocycles. The molecule has 0 saturated carbocycles. The van der Waals surface area contributed by atoms with Crippen LogP contribution < -0.4 is 5.32 Å². The van der Waals surface area contributed by atoms with E-state index in [1.54, 1.807) is 4.90 Å². The fraction of sp³-hybridized carbons (Fsp3) is 0.417. The van der Waals surface area contributed by atoms with Crippen molar-refractivity contribution in [3.8, 4) is 0 Å². The molecule has 0 unspecified atom stereocenters. The molecule has 1 N–H and O–H groups in total. The lowest BCUT2D eigenvalue weighted by Gasteiger charge is -2.31. The van der Waals surface area contributed by atoms with Gasteiger partial charge in [0.05, 0.1) is 6.42 Å². The Kier molecular flexibility index (Phi) is 8.24. The van der Waals surface area contributed by atoms with Crippen LogP contribution in [0.2, 0.25) is 0 Å². The maximum Gasteiger partial charge on any atom is 0.243 e. The zero-order chi connectivity index (χ0) is 20.5. The van der Waals surface area contributed by atoms with E-state index in [1.165, 1.54) is 5.56 Å². The average Bonchev–Trinajstić information content (AvgIpc) is 2.69. The number of nitrogens with zero attached hydrogens (tertiary/aromatic N) is 1. The van der Waals surface area contributed by atoms with Crippen molar-refractivity contribution in [2.45, 2.75) is 65.6 Å². The van der Waals surface area contributed by atoms with Gasteiger partial charge in [0.25, 0.3) is 0 Å². The molecule has 0 aliphatic heterocycles. The van der Waals surface area contributed by atoms with E-state index < -0.39 is 6.04 Å². The van der Waals surface area contributed by atoms with E-state index in [1.807, 2.05) is 82.3 Å². The number of benzene rings is 2. The average molecular weight is 381 g/mol. The summed E-state index contributed by atoms with van der Waals surface area (Å²) in [5.74, 6) is -0.108. The summed E-state index contributed by atoms with van der Waals surface area (Å²) < 4.78 is 0. The molecule has 0 radical (unpaired) electrons. The van der Waals surface area contributed by atoms with Crippen LogP contribution in [-0.4, -0.2) is 28.8 Å². The molecule has 2 amide bonds. The van der Waals surface area contributed by atoms with Crippen molar-refractivity contribution < 1.29 is 9.59 Å². The van der Waals surface area contributed by atoms with Crippen molar-refractivity contribution >= 4 is 11.8 Å². The molecule has 0 aliphatic carbocycles. The highest BCUT2D eigenvalue weighted by Crippen LogP contribution is 2.15. The molecule has 0 spiro atoms. The maximum absolute atomic E-state index is 13.2. The fourth-order valence-electron chi connectivity index (χ4n) is 3.12. The predicted molar refractivity (Wildman–Crippen MR) is 114 cm³/mol. The molecule has 0 heterocycles. The minimum absolute atomic E-state index is 0.0297. The minimum Gasteiger partial charge on any atom is -0.352 e. The lowest BCUT2D eigenvalue weighted by atomic mass is 10.1. The first-order chi connectivity index (χ1) is 13.4. The number of hydrogen-bond donors (Lipinski definition) is 1. The number of rotatable bonds is 9. The van der Waals surface area contributed by atoms with Crippen molar-refractivity contribution in [1.82, 2.24) is 10.2 Å². The molecule has 2 rings (SSSR count). The van der Waals surface area contributed by atoms with Gasteiger partial charge in [-0.3, -0.25) is 9.59 Å². The van der Waals surface area contributed by atoms with Gasteiger partial charge in [-0.2, -0.15) is 0 Å². The minimum atomic E-state index is -0.480. The van der Waals surface area contributed by atoms with Crippen LogP contribution in [0.3, 0.4) is 0 Å². The Balaban J connectivity index is 2.25. The van der Waals surface area contributed by atoms with Gasteiger partial charge in [0, 0.05) is 12.6 Å². The molecule has 0 aliphatic rings. The summed E-state index contributed by atoms with van der Waals surface area (Å²) in [5.41, 5.74) is 3.16. The third kappa shape index (κ3) is 6.22. The summed E-state index contributed by atoms with van der Waals surface area (Å²) in [7, 11) is 0. The van der Waals surface area contributed by atoms with Crippen LogP contribution in [0, 0.1) is 6.92 Å². The van der Waals surface area contributed by atoms with Crippen LogP contribution in [0.25, 0.3) is 0 Å². The molecule has 28 heavy (non-hydrogen) atoms. The lowest BCUT2D eigenvalue weighted by Crippen LogP contribution is -2.51. The van der Waals surface area contributed by atoms with Gasteiger partial charge >= 0.3 is 0 Å². The van der Waals surface area contributed by atoms with Gasteiger partial charge in [0.1, 0.15) is 6.04 Å². The van der Waals surface area contributed by atoms with Gasteiger partial charge < -0.3 is 10.2 Å². The number of nitrogens with one attached hydrogen (secondary N) is 1. The smallest absolute Gasteiger partial charge is 0.243 e. The molecule has 150 valence electrons. The first-order valence-corrected chi connectivity index (χ1v) is 10.1. The fourth-order valence-corrected chi connectivity index (χ4v) is 3.12. The van der Waals surface area contributed by atoms with Crippen LogP contribution in [0.5, 0.6) is 0 Å². The maximum atomic E-state index is 13.2. The van der Waals surface area contributed by atoms with Crippen molar-refractivity contribution in [2.24, 2.45) is 0 Å². The molecule has 0 bridgehead atoms. The van der Waals surface area contributed by atoms with E-state index in [4.69, 9.17) is 0 Å². The summed E-state index contributed by atoms with van der Waals surface area (Å²) in [6, 6.07) is 17.4. The number of carbonyl (C=O) groups excluding carboxylic acids is 2. The Hall–Kier alpha value is -2.62. The normalized spacial score (nSPS) is 12.9. The quantitative estimate of drug-likeness (QED) is 0.707. The third-order valence-electron chi connectivity index (χ3n) is 5.06. The van der Waals surface area contributed by atoms with E-state index in [9.17, 15) is 9.59 Å². The summed E-state index contributed by atoms with van der Waals surface area (Å²) in [6.07, 6.45) is 1.73. The zero-order valence-corrected chi connectivity index (χ0v) is 17.4. The highest BCUT2D eigenvalue weighted by Gasteiger charge is 2.29. The molecule has 2 aromatic rings. The Morgan fingerprint density at radius 1 is 0.929 bits per heavy atom. The number of amides is 2. The van der Waals surface area contributed by atoms with E-state index in [2.05, 4.69) is 5.32 Å². The summed E-state index contributed by atoms with van der Waals surface area (Å²) in [5, 5.41) is 3.04. The van der Waals surface area contributed by atoms with Crippen molar-refractivity contribution in [3.63, 3.8) is 0 Å². The molecule has 2 atom stereocenters. The van der Waals surface area contributed by atoms with E-state index in [-0.39, 0.29) is 17.9 Å². The van der Waals surface area contributed by atoms with Crippen LogP contribution >= 0.6 is 0 Å². The number of hydrogen-bond acceptors (Lipinski definition) is 2. The Morgan fingerprint density at radius 3 is 2.14 bits per heavy atom. The van der Waals surface area contributed by atoms with Crippen molar-refractivity contribution in [1.29, 1.82) is 0 Å². The van der Waals surface area contributed by atoms with Gasteiger partial charge in [0.15, 0.2) is 0 Å². The summed E-state index contributed by atoms with van der Waals surface area (Å²) >= 11 is 0. The van der Waals surface area contributed by atoms with Crippen molar-refractivity contribution in [2.75, 3.05) is 0 Å². The van der Waals surface area contributed by atoms with Gasteiger partial charge in [0.2, 0.25) is 11.8 Å². The van der Waals surface area contributed by atoms with E-state index in [0.29, 0.717) is 19.4 Å². The molecular formula is C24H32N2O2. The standard InChI is InChI=1S/C24H32N2O2/c1-5-19(4)25-24(28)22(6-2)26(17-21-14-12-18(3)13-15-21)23(27)16-20-10-8-7-9-11-20/h7-15,19,22H,5-6,16-17H2,1-4H3,(H,25,28)/t19-,22+/m1/s1. The number of carbonyl (C=O) groups is 2. The zero-order valence-electron chi connectivity index (χ0n) is 17.4. The molecule has 0 fully saturated rings. The lowest BCUT2D eigenvalue weighted by molar-refractivity contribution is -0.141. The molecule has 4 nitrogen and oxygen atoms in total. The molecule has 0 saturated heterocycles. The third-order valence-corrected chi connectivity index (χ3v) is 5.06. The largest absolute Gasteiger partial charge is 0.352 e.